The van der Waals surface area contributed by atoms with E-state index < -0.39 is 0 Å². The minimum absolute atomic E-state index is 0.0659. The highest BCUT2D eigenvalue weighted by molar-refractivity contribution is 8.39. The highest BCUT2D eigenvalue weighted by Crippen LogP contribution is 2.37. The molecule has 120 valence electrons. The summed E-state index contributed by atoms with van der Waals surface area (Å²) in [5.41, 5.74) is 4.52. The van der Waals surface area contributed by atoms with E-state index in [1.165, 1.54) is 23.5 Å². The molecule has 0 saturated carbocycles. The summed E-state index contributed by atoms with van der Waals surface area (Å²) in [6.07, 6.45) is 1.75. The monoisotopic (exact) mass is 367 g/mol. The standard InChI is InChI=1S/C14H14ClN5OS2/c1-20-7-10(15)12(19-20)13-17-18-14(23-13)22-8-11(21)16-9-5-3-2-4-6-9/h2-7,13,17H,8H2,1H3,(H,16,21)/t13-/m1/s1. The van der Waals surface area contributed by atoms with Crippen LogP contribution in [0.25, 0.3) is 0 Å². The number of aryl methyl sites for hydroxylation is 1. The van der Waals surface area contributed by atoms with Crippen LogP contribution in [-0.4, -0.2) is 25.8 Å². The van der Waals surface area contributed by atoms with Gasteiger partial charge < -0.3 is 5.32 Å². The van der Waals surface area contributed by atoms with Gasteiger partial charge in [-0.2, -0.15) is 10.2 Å². The molecule has 1 aromatic heterocycles. The normalized spacial score (nSPS) is 16.8. The van der Waals surface area contributed by atoms with Crippen LogP contribution in [0.2, 0.25) is 5.02 Å². The lowest BCUT2D eigenvalue weighted by Gasteiger charge is -2.06. The number of carbonyl (C=O) groups excluding carboxylic acids is 1. The minimum Gasteiger partial charge on any atom is -0.325 e. The summed E-state index contributed by atoms with van der Waals surface area (Å²) in [6.45, 7) is 0. The predicted octanol–water partition coefficient (Wildman–Crippen LogP) is 3.05. The van der Waals surface area contributed by atoms with Crippen LogP contribution in [0.3, 0.4) is 0 Å². The van der Waals surface area contributed by atoms with Gasteiger partial charge in [0.25, 0.3) is 0 Å². The number of rotatable bonds is 4. The summed E-state index contributed by atoms with van der Waals surface area (Å²) in [7, 11) is 1.82. The topological polar surface area (TPSA) is 71.3 Å². The molecule has 1 amide bonds. The number of amides is 1. The Balaban J connectivity index is 1.48. The van der Waals surface area contributed by atoms with Gasteiger partial charge in [0, 0.05) is 18.9 Å². The second kappa shape index (κ2) is 7.29. The van der Waals surface area contributed by atoms with Crippen molar-refractivity contribution < 1.29 is 4.79 Å². The van der Waals surface area contributed by atoms with Gasteiger partial charge in [-0.15, -0.1) is 0 Å². The van der Waals surface area contributed by atoms with E-state index in [1.54, 1.807) is 10.9 Å². The Labute approximate surface area is 147 Å². The van der Waals surface area contributed by atoms with E-state index in [-0.39, 0.29) is 11.3 Å². The summed E-state index contributed by atoms with van der Waals surface area (Å²) in [6, 6.07) is 9.37. The molecular weight excluding hydrogens is 354 g/mol. The quantitative estimate of drug-likeness (QED) is 0.869. The van der Waals surface area contributed by atoms with E-state index in [4.69, 9.17) is 11.6 Å². The number of hydrazone groups is 1. The molecule has 1 atom stereocenters. The molecule has 0 saturated heterocycles. The van der Waals surface area contributed by atoms with Crippen LogP contribution >= 0.6 is 35.1 Å². The molecule has 2 N–H and O–H groups in total. The second-order valence-electron chi connectivity index (χ2n) is 4.74. The summed E-state index contributed by atoms with van der Waals surface area (Å²) in [5, 5.41) is 11.9. The van der Waals surface area contributed by atoms with E-state index in [2.05, 4.69) is 20.9 Å². The van der Waals surface area contributed by atoms with Crippen LogP contribution < -0.4 is 10.7 Å². The van der Waals surface area contributed by atoms with Gasteiger partial charge in [0.1, 0.15) is 11.1 Å². The number of hydrogen-bond acceptors (Lipinski definition) is 6. The van der Waals surface area contributed by atoms with Crippen molar-refractivity contribution in [3.05, 3.63) is 47.2 Å². The van der Waals surface area contributed by atoms with Crippen LogP contribution in [0.15, 0.2) is 41.6 Å². The third-order valence-corrected chi connectivity index (χ3v) is 5.47. The van der Waals surface area contributed by atoms with E-state index in [1.807, 2.05) is 37.4 Å². The molecule has 3 rings (SSSR count). The lowest BCUT2D eigenvalue weighted by atomic mass is 10.3. The molecule has 2 aromatic rings. The molecule has 0 radical (unpaired) electrons. The van der Waals surface area contributed by atoms with Crippen molar-refractivity contribution in [2.75, 3.05) is 11.1 Å². The van der Waals surface area contributed by atoms with E-state index >= 15 is 0 Å². The molecule has 0 fully saturated rings. The molecule has 23 heavy (non-hydrogen) atoms. The third-order valence-electron chi connectivity index (χ3n) is 2.93. The van der Waals surface area contributed by atoms with Crippen LogP contribution in [0.5, 0.6) is 0 Å². The molecule has 0 spiro atoms. The molecule has 6 nitrogen and oxygen atoms in total. The molecular formula is C14H14ClN5OS2. The van der Waals surface area contributed by atoms with E-state index in [9.17, 15) is 4.79 Å². The SMILES string of the molecule is Cn1cc(Cl)c([C@@H]2NN=C(SCC(=O)Nc3ccccc3)S2)n1. The van der Waals surface area contributed by atoms with Crippen LogP contribution in [-0.2, 0) is 11.8 Å². The first-order chi connectivity index (χ1) is 11.1. The maximum atomic E-state index is 11.9. The van der Waals surface area contributed by atoms with Gasteiger partial charge in [-0.25, -0.2) is 0 Å². The van der Waals surface area contributed by atoms with Crippen molar-refractivity contribution in [1.82, 2.24) is 15.2 Å². The van der Waals surface area contributed by atoms with Crippen LogP contribution in [0, 0.1) is 0 Å². The maximum absolute atomic E-state index is 11.9. The highest BCUT2D eigenvalue weighted by Gasteiger charge is 2.26. The average Bonchev–Trinajstić information content (AvgIpc) is 3.12. The summed E-state index contributed by atoms with van der Waals surface area (Å²) in [5.74, 6) is 0.231. The number of para-hydroxylation sites is 1. The maximum Gasteiger partial charge on any atom is 0.234 e. The molecule has 1 aliphatic heterocycles. The van der Waals surface area contributed by atoms with Crippen molar-refractivity contribution in [1.29, 1.82) is 0 Å². The summed E-state index contributed by atoms with van der Waals surface area (Å²) < 4.78 is 2.46. The smallest absolute Gasteiger partial charge is 0.234 e. The number of anilines is 1. The fourth-order valence-electron chi connectivity index (χ4n) is 1.95. The van der Waals surface area contributed by atoms with Gasteiger partial charge in [0.15, 0.2) is 4.38 Å². The molecule has 1 aromatic carbocycles. The zero-order valence-corrected chi connectivity index (χ0v) is 14.6. The molecule has 9 heteroatoms. The lowest BCUT2D eigenvalue weighted by molar-refractivity contribution is -0.113. The van der Waals surface area contributed by atoms with Gasteiger partial charge >= 0.3 is 0 Å². The fourth-order valence-corrected chi connectivity index (χ4v) is 4.18. The fraction of sp³-hybridized carbons (Fsp3) is 0.214. The largest absolute Gasteiger partial charge is 0.325 e. The number of nitrogens with zero attached hydrogens (tertiary/aromatic N) is 3. The first kappa shape index (κ1) is 16.2. The van der Waals surface area contributed by atoms with Crippen LogP contribution in [0.1, 0.15) is 11.1 Å². The average molecular weight is 368 g/mol. The Kier molecular flexibility index (Phi) is 5.14. The second-order valence-corrected chi connectivity index (χ2v) is 7.47. The number of thioether (sulfide) groups is 2. The van der Waals surface area contributed by atoms with Gasteiger partial charge in [0.2, 0.25) is 5.91 Å². The van der Waals surface area contributed by atoms with Crippen molar-refractivity contribution >= 4 is 51.1 Å². The van der Waals surface area contributed by atoms with E-state index in [0.717, 1.165) is 15.8 Å². The minimum atomic E-state index is -0.122. The lowest BCUT2D eigenvalue weighted by Crippen LogP contribution is -2.14. The predicted molar refractivity (Wildman–Crippen MR) is 96.7 cm³/mol. The molecule has 0 unspecified atom stereocenters. The Morgan fingerprint density at radius 3 is 2.96 bits per heavy atom. The van der Waals surface area contributed by atoms with Crippen LogP contribution in [0.4, 0.5) is 5.69 Å². The van der Waals surface area contributed by atoms with Gasteiger partial charge in [0.05, 0.1) is 10.8 Å². The summed E-state index contributed by atoms with van der Waals surface area (Å²) >= 11 is 9.02. The number of aromatic nitrogens is 2. The van der Waals surface area contributed by atoms with E-state index in [0.29, 0.717) is 10.8 Å². The van der Waals surface area contributed by atoms with Crippen molar-refractivity contribution in [3.8, 4) is 0 Å². The first-order valence-corrected chi connectivity index (χ1v) is 9.03. The third kappa shape index (κ3) is 4.21. The van der Waals surface area contributed by atoms with Crippen molar-refractivity contribution in [2.45, 2.75) is 5.37 Å². The Morgan fingerprint density at radius 1 is 1.48 bits per heavy atom. The van der Waals surface area contributed by atoms with Crippen molar-refractivity contribution in [2.24, 2.45) is 12.1 Å². The number of hydrogen-bond donors (Lipinski definition) is 2. The Bertz CT molecular complexity index is 734. The van der Waals surface area contributed by atoms with Gasteiger partial charge in [-0.3, -0.25) is 14.9 Å². The molecule has 1 aliphatic rings. The highest BCUT2D eigenvalue weighted by atomic mass is 35.5. The van der Waals surface area contributed by atoms with Crippen molar-refractivity contribution in [3.63, 3.8) is 0 Å². The number of carbonyl (C=O) groups is 1. The van der Waals surface area contributed by atoms with Gasteiger partial charge in [-0.05, 0) is 12.1 Å². The first-order valence-electron chi connectivity index (χ1n) is 6.78. The van der Waals surface area contributed by atoms with Gasteiger partial charge in [-0.1, -0.05) is 53.3 Å². The Hall–Kier alpha value is -1.64. The zero-order chi connectivity index (χ0) is 16.2. The molecule has 0 bridgehead atoms. The number of benzene rings is 1. The number of nitrogens with one attached hydrogen (secondary N) is 2. The summed E-state index contributed by atoms with van der Waals surface area (Å²) in [4.78, 5) is 11.9. The molecule has 0 aliphatic carbocycles. The number of halogens is 1. The zero-order valence-electron chi connectivity index (χ0n) is 12.2. The molecule has 2 heterocycles. The Morgan fingerprint density at radius 2 is 2.26 bits per heavy atom.